The van der Waals surface area contributed by atoms with Gasteiger partial charge in [-0.3, -0.25) is 4.79 Å². The Kier molecular flexibility index (Phi) is 64.1. The molecule has 0 aliphatic heterocycles. The largest absolute Gasteiger partial charge is 0.394 e. The highest BCUT2D eigenvalue weighted by Crippen LogP contribution is 2.20. The maximum Gasteiger partial charge on any atom is 0.249 e. The molecule has 0 radical (unpaired) electrons. The summed E-state index contributed by atoms with van der Waals surface area (Å²) >= 11 is 0. The third-order valence-electron chi connectivity index (χ3n) is 17.0. The minimum atomic E-state index is -1.26. The molecule has 0 aliphatic rings. The van der Waals surface area contributed by atoms with Gasteiger partial charge in [-0.2, -0.15) is 0 Å². The minimum absolute atomic E-state index is 0.374. The fourth-order valence-corrected chi connectivity index (χ4v) is 11.5. The van der Waals surface area contributed by atoms with Gasteiger partial charge in [0.15, 0.2) is 0 Å². The van der Waals surface area contributed by atoms with Gasteiger partial charge in [0.2, 0.25) is 5.91 Å². The van der Waals surface area contributed by atoms with Crippen LogP contribution < -0.4 is 5.32 Å². The summed E-state index contributed by atoms with van der Waals surface area (Å²) in [5, 5.41) is 44.3. The van der Waals surface area contributed by atoms with E-state index >= 15 is 0 Å². The molecule has 0 fully saturated rings. The van der Waals surface area contributed by atoms with Gasteiger partial charge in [-0.25, -0.2) is 0 Å². The van der Waals surface area contributed by atoms with Crippen LogP contribution in [0, 0.1) is 0 Å². The number of amides is 1. The Hall–Kier alpha value is -0.950. The SMILES string of the molecule is CCCCCCCCCCCCCC/C=C\CCCCCCCCCCCCCCCCC(O)C(=O)NC(CO)C(O)C(O)CCCCCCCCCCCCCCCCCCCCCCCCCCCCCCCC. The van der Waals surface area contributed by atoms with Gasteiger partial charge < -0.3 is 25.7 Å². The van der Waals surface area contributed by atoms with Crippen LogP contribution in [-0.2, 0) is 4.79 Å². The molecule has 6 heteroatoms. The lowest BCUT2D eigenvalue weighted by molar-refractivity contribution is -0.132. The highest BCUT2D eigenvalue weighted by molar-refractivity contribution is 5.80. The molecular formula is C70H139NO5. The minimum Gasteiger partial charge on any atom is -0.394 e. The molecular weight excluding hydrogens is 935 g/mol. The van der Waals surface area contributed by atoms with E-state index in [9.17, 15) is 25.2 Å². The lowest BCUT2D eigenvalue weighted by Gasteiger charge is -2.27. The van der Waals surface area contributed by atoms with E-state index in [1.165, 1.54) is 334 Å². The summed E-state index contributed by atoms with van der Waals surface area (Å²) in [4.78, 5) is 12.7. The molecule has 0 aromatic heterocycles. The Morgan fingerprint density at radius 1 is 0.316 bits per heavy atom. The summed E-state index contributed by atoms with van der Waals surface area (Å²) in [6.45, 7) is 4.12. The second kappa shape index (κ2) is 64.9. The van der Waals surface area contributed by atoms with Crippen molar-refractivity contribution in [2.75, 3.05) is 6.61 Å². The smallest absolute Gasteiger partial charge is 0.249 e. The predicted molar refractivity (Wildman–Crippen MR) is 335 cm³/mol. The zero-order valence-corrected chi connectivity index (χ0v) is 51.8. The number of aliphatic hydroxyl groups excluding tert-OH is 4. The molecule has 0 rings (SSSR count). The van der Waals surface area contributed by atoms with Crippen LogP contribution in [0.4, 0.5) is 0 Å². The summed E-state index contributed by atoms with van der Waals surface area (Å²) in [5.74, 6) is -0.575. The zero-order chi connectivity index (χ0) is 55.1. The van der Waals surface area contributed by atoms with E-state index < -0.39 is 36.9 Å². The van der Waals surface area contributed by atoms with Crippen LogP contribution in [0.3, 0.4) is 0 Å². The van der Waals surface area contributed by atoms with Crippen molar-refractivity contribution >= 4 is 5.91 Å². The Bertz CT molecular complexity index is 1120. The normalized spacial score (nSPS) is 13.5. The van der Waals surface area contributed by atoms with E-state index in [1.807, 2.05) is 0 Å². The lowest BCUT2D eigenvalue weighted by atomic mass is 9.99. The molecule has 4 unspecified atom stereocenters. The number of aliphatic hydroxyl groups is 4. The average molecular weight is 1070 g/mol. The van der Waals surface area contributed by atoms with E-state index in [0.717, 1.165) is 38.5 Å². The van der Waals surface area contributed by atoms with Gasteiger partial charge >= 0.3 is 0 Å². The van der Waals surface area contributed by atoms with Gasteiger partial charge in [0.05, 0.1) is 18.8 Å². The number of carbonyl (C=O) groups excluding carboxylic acids is 1. The number of hydrogen-bond donors (Lipinski definition) is 5. The second-order valence-electron chi connectivity index (χ2n) is 24.6. The summed E-state index contributed by atoms with van der Waals surface area (Å²) in [6, 6.07) is -0.984. The molecule has 4 atom stereocenters. The Labute approximate surface area is 476 Å². The van der Waals surface area contributed by atoms with Crippen molar-refractivity contribution in [1.29, 1.82) is 0 Å². The van der Waals surface area contributed by atoms with Crippen molar-refractivity contribution in [3.05, 3.63) is 12.2 Å². The van der Waals surface area contributed by atoms with Crippen molar-refractivity contribution in [3.63, 3.8) is 0 Å². The molecule has 0 saturated heterocycles. The van der Waals surface area contributed by atoms with Gasteiger partial charge in [0.25, 0.3) is 0 Å². The fraction of sp³-hybridized carbons (Fsp3) is 0.957. The third-order valence-corrected chi connectivity index (χ3v) is 17.0. The number of nitrogens with one attached hydrogen (secondary N) is 1. The van der Waals surface area contributed by atoms with E-state index in [0.29, 0.717) is 12.8 Å². The van der Waals surface area contributed by atoms with Crippen LogP contribution in [0.25, 0.3) is 0 Å². The van der Waals surface area contributed by atoms with Crippen LogP contribution in [0.2, 0.25) is 0 Å². The van der Waals surface area contributed by atoms with Gasteiger partial charge in [-0.1, -0.05) is 373 Å². The monoisotopic (exact) mass is 1070 g/mol. The quantitative estimate of drug-likeness (QED) is 0.0308. The number of unbranched alkanes of at least 4 members (excludes halogenated alkanes) is 55. The molecule has 0 saturated carbocycles. The first kappa shape index (κ1) is 75.0. The van der Waals surface area contributed by atoms with E-state index in [2.05, 4.69) is 31.3 Å². The van der Waals surface area contributed by atoms with Crippen molar-refractivity contribution in [3.8, 4) is 0 Å². The molecule has 6 nitrogen and oxygen atoms in total. The Morgan fingerprint density at radius 2 is 0.526 bits per heavy atom. The summed E-state index contributed by atoms with van der Waals surface area (Å²) in [5.41, 5.74) is 0. The Morgan fingerprint density at radius 3 is 0.763 bits per heavy atom. The molecule has 454 valence electrons. The first-order chi connectivity index (χ1) is 37.5. The van der Waals surface area contributed by atoms with Crippen LogP contribution in [-0.4, -0.2) is 57.3 Å². The zero-order valence-electron chi connectivity index (χ0n) is 51.8. The highest BCUT2D eigenvalue weighted by atomic mass is 16.3. The third kappa shape index (κ3) is 57.7. The van der Waals surface area contributed by atoms with Gasteiger partial charge in [-0.15, -0.1) is 0 Å². The van der Waals surface area contributed by atoms with Gasteiger partial charge in [0, 0.05) is 0 Å². The number of allylic oxidation sites excluding steroid dienone is 2. The van der Waals surface area contributed by atoms with E-state index in [-0.39, 0.29) is 0 Å². The first-order valence-corrected chi connectivity index (χ1v) is 35.1. The topological polar surface area (TPSA) is 110 Å². The summed E-state index contributed by atoms with van der Waals surface area (Å²) in [6.07, 6.45) is 80.5. The maximum atomic E-state index is 12.7. The fourth-order valence-electron chi connectivity index (χ4n) is 11.5. The van der Waals surface area contributed by atoms with Crippen molar-refractivity contribution in [2.24, 2.45) is 0 Å². The molecule has 5 N–H and O–H groups in total. The standard InChI is InChI=1S/C70H139NO5/c1-3-5-7-9-11-13-15-17-19-21-23-25-27-29-31-33-35-37-39-41-43-45-47-49-51-53-55-57-59-61-63-67(73)69(75)66(65-72)71-70(76)68(74)64-62-60-58-56-54-52-50-48-46-44-42-40-38-36-34-32-30-28-26-24-22-20-18-16-14-12-10-8-6-4-2/h30,32,66-69,72-75H,3-29,31,33-65H2,1-2H3,(H,71,76)/b32-30-. The number of rotatable bonds is 66. The van der Waals surface area contributed by atoms with Gasteiger partial charge in [0.1, 0.15) is 12.2 Å². The average Bonchev–Trinajstić information content (AvgIpc) is 3.42. The molecule has 0 spiro atoms. The highest BCUT2D eigenvalue weighted by Gasteiger charge is 2.28. The van der Waals surface area contributed by atoms with Crippen molar-refractivity contribution in [1.82, 2.24) is 5.32 Å². The maximum absolute atomic E-state index is 12.7. The van der Waals surface area contributed by atoms with Crippen LogP contribution in [0.1, 0.15) is 399 Å². The lowest BCUT2D eigenvalue weighted by Crippen LogP contribution is -2.53. The van der Waals surface area contributed by atoms with E-state index in [1.54, 1.807) is 0 Å². The van der Waals surface area contributed by atoms with Crippen molar-refractivity contribution in [2.45, 2.75) is 423 Å². The summed E-state index contributed by atoms with van der Waals surface area (Å²) in [7, 11) is 0. The van der Waals surface area contributed by atoms with Crippen LogP contribution in [0.15, 0.2) is 12.2 Å². The molecule has 76 heavy (non-hydrogen) atoms. The van der Waals surface area contributed by atoms with Crippen LogP contribution in [0.5, 0.6) is 0 Å². The molecule has 0 bridgehead atoms. The first-order valence-electron chi connectivity index (χ1n) is 35.1. The molecule has 0 heterocycles. The summed E-state index contributed by atoms with van der Waals surface area (Å²) < 4.78 is 0. The molecule has 0 aromatic carbocycles. The number of carbonyl (C=O) groups is 1. The van der Waals surface area contributed by atoms with Gasteiger partial charge in [-0.05, 0) is 38.5 Å². The molecule has 0 aliphatic carbocycles. The molecule has 0 aromatic rings. The second-order valence-corrected chi connectivity index (χ2v) is 24.6. The Balaban J connectivity index is 3.52. The number of hydrogen-bond acceptors (Lipinski definition) is 5. The van der Waals surface area contributed by atoms with E-state index in [4.69, 9.17) is 0 Å². The molecule has 1 amide bonds. The predicted octanol–water partition coefficient (Wildman–Crippen LogP) is 21.5. The van der Waals surface area contributed by atoms with Crippen molar-refractivity contribution < 1.29 is 25.2 Å². The van der Waals surface area contributed by atoms with Crippen LogP contribution >= 0.6 is 0 Å².